The Morgan fingerprint density at radius 3 is 3.07 bits per heavy atom. The number of nitrogens with one attached hydrogen (secondary N) is 1. The van der Waals surface area contributed by atoms with E-state index in [9.17, 15) is 5.26 Å². The number of nitriles is 1. The number of nitrogens with zero attached hydrogens (tertiary/aromatic N) is 2. The molecule has 1 fully saturated rings. The van der Waals surface area contributed by atoms with Gasteiger partial charge >= 0.3 is 0 Å². The van der Waals surface area contributed by atoms with Gasteiger partial charge in [-0.1, -0.05) is 11.8 Å². The molecule has 0 aliphatic heterocycles. The van der Waals surface area contributed by atoms with Crippen molar-refractivity contribution in [3.05, 3.63) is 11.6 Å². The van der Waals surface area contributed by atoms with E-state index in [4.69, 9.17) is 0 Å². The molecule has 0 spiro atoms. The normalized spacial score (nSPS) is 19.5. The van der Waals surface area contributed by atoms with Crippen LogP contribution in [0.4, 0.5) is 0 Å². The Morgan fingerprint density at radius 1 is 1.80 bits per heavy atom. The number of aromatic nitrogens is 1. The highest BCUT2D eigenvalue weighted by atomic mass is 32.2. The fourth-order valence-electron chi connectivity index (χ4n) is 1.61. The zero-order valence-corrected chi connectivity index (χ0v) is 10.2. The Kier molecular flexibility index (Phi) is 3.29. The van der Waals surface area contributed by atoms with E-state index < -0.39 is 0 Å². The lowest BCUT2D eigenvalue weighted by Crippen LogP contribution is -2.46. The first-order valence-electron chi connectivity index (χ1n) is 4.93. The lowest BCUT2D eigenvalue weighted by molar-refractivity contribution is 0.441. The SMILES string of the molecule is CNC(C#N)(CSc1nccs1)C1CC1. The van der Waals surface area contributed by atoms with Crippen LogP contribution in [0.25, 0.3) is 0 Å². The third-order valence-corrected chi connectivity index (χ3v) is 4.91. The molecule has 0 amide bonds. The molecule has 1 unspecified atom stereocenters. The molecule has 80 valence electrons. The fourth-order valence-corrected chi connectivity index (χ4v) is 3.51. The first-order chi connectivity index (χ1) is 7.30. The minimum Gasteiger partial charge on any atom is -0.302 e. The third kappa shape index (κ3) is 2.33. The minimum absolute atomic E-state index is 0.351. The maximum absolute atomic E-state index is 9.27. The number of thioether (sulfide) groups is 1. The van der Waals surface area contributed by atoms with Crippen molar-refractivity contribution in [1.29, 1.82) is 5.26 Å². The number of rotatable bonds is 5. The van der Waals surface area contributed by atoms with Gasteiger partial charge in [0.2, 0.25) is 0 Å². The molecule has 0 bridgehead atoms. The van der Waals surface area contributed by atoms with E-state index in [-0.39, 0.29) is 5.54 Å². The van der Waals surface area contributed by atoms with E-state index in [0.717, 1.165) is 10.1 Å². The molecule has 15 heavy (non-hydrogen) atoms. The second kappa shape index (κ2) is 4.52. The number of hydrogen-bond acceptors (Lipinski definition) is 5. The number of hydrogen-bond donors (Lipinski definition) is 1. The highest BCUT2D eigenvalue weighted by Crippen LogP contribution is 2.42. The number of thiazole rings is 1. The van der Waals surface area contributed by atoms with Crippen molar-refractivity contribution in [2.45, 2.75) is 22.7 Å². The Balaban J connectivity index is 1.98. The van der Waals surface area contributed by atoms with Crippen LogP contribution in [-0.4, -0.2) is 23.3 Å². The molecule has 1 aliphatic rings. The summed E-state index contributed by atoms with van der Waals surface area (Å²) in [5.41, 5.74) is -0.351. The molecule has 1 aromatic rings. The Bertz CT molecular complexity index is 353. The summed E-state index contributed by atoms with van der Waals surface area (Å²) < 4.78 is 1.05. The van der Waals surface area contributed by atoms with Crippen LogP contribution in [0.1, 0.15) is 12.8 Å². The second-order valence-corrected chi connectivity index (χ2v) is 5.81. The van der Waals surface area contributed by atoms with Gasteiger partial charge in [-0.15, -0.1) is 11.3 Å². The Hall–Kier alpha value is -0.570. The first kappa shape index (κ1) is 10.9. The molecule has 5 heteroatoms. The van der Waals surface area contributed by atoms with Crippen LogP contribution in [0, 0.1) is 17.2 Å². The van der Waals surface area contributed by atoms with Gasteiger partial charge in [-0.25, -0.2) is 4.98 Å². The molecule has 0 saturated heterocycles. The van der Waals surface area contributed by atoms with Crippen molar-refractivity contribution in [1.82, 2.24) is 10.3 Å². The van der Waals surface area contributed by atoms with E-state index in [1.165, 1.54) is 12.8 Å². The van der Waals surface area contributed by atoms with Gasteiger partial charge in [0, 0.05) is 17.3 Å². The summed E-state index contributed by atoms with van der Waals surface area (Å²) in [7, 11) is 1.88. The fraction of sp³-hybridized carbons (Fsp3) is 0.600. The van der Waals surface area contributed by atoms with E-state index in [1.807, 2.05) is 12.4 Å². The maximum Gasteiger partial charge on any atom is 0.149 e. The van der Waals surface area contributed by atoms with Crippen molar-refractivity contribution in [3.8, 4) is 6.07 Å². The predicted octanol–water partition coefficient (Wildman–Crippen LogP) is 2.13. The molecule has 1 saturated carbocycles. The van der Waals surface area contributed by atoms with Gasteiger partial charge in [-0.2, -0.15) is 5.26 Å². The van der Waals surface area contributed by atoms with Crippen LogP contribution >= 0.6 is 23.1 Å². The van der Waals surface area contributed by atoms with Crippen LogP contribution in [0.5, 0.6) is 0 Å². The summed E-state index contributed by atoms with van der Waals surface area (Å²) in [4.78, 5) is 4.21. The average molecular weight is 239 g/mol. The molecule has 2 rings (SSSR count). The molecule has 1 aromatic heterocycles. The largest absolute Gasteiger partial charge is 0.302 e. The summed E-state index contributed by atoms with van der Waals surface area (Å²) in [5, 5.41) is 14.4. The molecule has 1 N–H and O–H groups in total. The second-order valence-electron chi connectivity index (χ2n) is 3.69. The third-order valence-electron chi connectivity index (χ3n) is 2.75. The summed E-state index contributed by atoms with van der Waals surface area (Å²) in [6, 6.07) is 2.43. The van der Waals surface area contributed by atoms with Crippen molar-refractivity contribution in [2.24, 2.45) is 5.92 Å². The van der Waals surface area contributed by atoms with E-state index in [2.05, 4.69) is 16.4 Å². The summed E-state index contributed by atoms with van der Waals surface area (Å²) in [5.74, 6) is 1.32. The molecule has 1 atom stereocenters. The Morgan fingerprint density at radius 2 is 2.60 bits per heavy atom. The minimum atomic E-state index is -0.351. The summed E-state index contributed by atoms with van der Waals surface area (Å²) in [6.45, 7) is 0. The first-order valence-corrected chi connectivity index (χ1v) is 6.80. The van der Waals surface area contributed by atoms with Gasteiger partial charge in [0.15, 0.2) is 0 Å². The summed E-state index contributed by atoms with van der Waals surface area (Å²) >= 11 is 3.31. The maximum atomic E-state index is 9.27. The van der Waals surface area contributed by atoms with Crippen molar-refractivity contribution in [2.75, 3.05) is 12.8 Å². The van der Waals surface area contributed by atoms with Crippen LogP contribution in [0.2, 0.25) is 0 Å². The molecular formula is C10H13N3S2. The quantitative estimate of drug-likeness (QED) is 0.800. The average Bonchev–Trinajstić information content (AvgIpc) is 2.99. The van der Waals surface area contributed by atoms with Crippen LogP contribution in [0.3, 0.4) is 0 Å². The van der Waals surface area contributed by atoms with Crippen molar-refractivity contribution >= 4 is 23.1 Å². The van der Waals surface area contributed by atoms with E-state index >= 15 is 0 Å². The van der Waals surface area contributed by atoms with Gasteiger partial charge in [0.25, 0.3) is 0 Å². The molecule has 0 aromatic carbocycles. The van der Waals surface area contributed by atoms with Crippen LogP contribution in [-0.2, 0) is 0 Å². The molecular weight excluding hydrogens is 226 g/mol. The zero-order valence-electron chi connectivity index (χ0n) is 8.56. The van der Waals surface area contributed by atoms with Gasteiger partial charge in [-0.3, -0.25) is 0 Å². The van der Waals surface area contributed by atoms with E-state index in [1.54, 1.807) is 29.3 Å². The molecule has 3 nitrogen and oxygen atoms in total. The monoisotopic (exact) mass is 239 g/mol. The lowest BCUT2D eigenvalue weighted by atomic mass is 9.98. The molecule has 0 radical (unpaired) electrons. The zero-order chi connectivity index (χ0) is 10.7. The van der Waals surface area contributed by atoms with Crippen LogP contribution < -0.4 is 5.32 Å². The van der Waals surface area contributed by atoms with Gasteiger partial charge in [0.1, 0.15) is 9.88 Å². The van der Waals surface area contributed by atoms with Crippen LogP contribution in [0.15, 0.2) is 15.9 Å². The summed E-state index contributed by atoms with van der Waals surface area (Å²) in [6.07, 6.45) is 4.15. The van der Waals surface area contributed by atoms with Gasteiger partial charge < -0.3 is 5.32 Å². The predicted molar refractivity (Wildman–Crippen MR) is 63.0 cm³/mol. The smallest absolute Gasteiger partial charge is 0.149 e. The standard InChI is InChI=1S/C10H13N3S2/c1-12-10(6-11,8-2-3-8)7-15-9-13-4-5-14-9/h4-5,8,12H,2-3,7H2,1H3. The highest BCUT2D eigenvalue weighted by molar-refractivity contribution is 8.01. The van der Waals surface area contributed by atoms with E-state index in [0.29, 0.717) is 5.92 Å². The van der Waals surface area contributed by atoms with Crippen molar-refractivity contribution < 1.29 is 0 Å². The lowest BCUT2D eigenvalue weighted by Gasteiger charge is -2.24. The topological polar surface area (TPSA) is 48.7 Å². The van der Waals surface area contributed by atoms with Crippen molar-refractivity contribution in [3.63, 3.8) is 0 Å². The molecule has 1 aliphatic carbocycles. The van der Waals surface area contributed by atoms with Gasteiger partial charge in [0.05, 0.1) is 6.07 Å². The van der Waals surface area contributed by atoms with Gasteiger partial charge in [-0.05, 0) is 25.8 Å². The Labute approximate surface area is 97.9 Å². The molecule has 1 heterocycles. The highest BCUT2D eigenvalue weighted by Gasteiger charge is 2.44.